The van der Waals surface area contributed by atoms with Crippen LogP contribution in [-0.2, 0) is 10.2 Å². The van der Waals surface area contributed by atoms with Gasteiger partial charge in [-0.1, -0.05) is 0 Å². The number of nitrogens with one attached hydrogen (secondary N) is 2. The van der Waals surface area contributed by atoms with E-state index in [0.29, 0.717) is 12.3 Å². The van der Waals surface area contributed by atoms with Gasteiger partial charge in [0.05, 0.1) is 12.2 Å². The van der Waals surface area contributed by atoms with Crippen LogP contribution in [0.25, 0.3) is 5.65 Å². The lowest BCUT2D eigenvalue weighted by Crippen LogP contribution is -2.45. The van der Waals surface area contributed by atoms with E-state index in [2.05, 4.69) is 17.2 Å². The predicted molar refractivity (Wildman–Crippen MR) is 110 cm³/mol. The molecule has 3 aromatic heterocycles. The van der Waals surface area contributed by atoms with E-state index >= 15 is 0 Å². The normalized spacial score (nSPS) is 27.2. The summed E-state index contributed by atoms with van der Waals surface area (Å²) in [7, 11) is 0. The molecule has 3 aromatic rings. The van der Waals surface area contributed by atoms with Crippen LogP contribution < -0.4 is 16.3 Å². The van der Waals surface area contributed by atoms with Crippen molar-refractivity contribution in [3.63, 3.8) is 0 Å². The number of anilines is 1. The first-order valence-corrected chi connectivity index (χ1v) is 10.3. The van der Waals surface area contributed by atoms with Gasteiger partial charge >= 0.3 is 0 Å². The summed E-state index contributed by atoms with van der Waals surface area (Å²) >= 11 is 0. The molecule has 4 fully saturated rings. The summed E-state index contributed by atoms with van der Waals surface area (Å²) in [4.78, 5) is 41.3. The second-order valence-corrected chi connectivity index (χ2v) is 9.20. The van der Waals surface area contributed by atoms with E-state index in [-0.39, 0.29) is 33.9 Å². The zero-order valence-electron chi connectivity index (χ0n) is 16.6. The summed E-state index contributed by atoms with van der Waals surface area (Å²) in [5.74, 6) is -0.582. The van der Waals surface area contributed by atoms with Crippen molar-refractivity contribution < 1.29 is 9.53 Å². The first-order chi connectivity index (χ1) is 14.4. The molecule has 2 aliphatic carbocycles. The van der Waals surface area contributed by atoms with Crippen molar-refractivity contribution in [3.05, 3.63) is 68.6 Å². The molecule has 2 saturated carbocycles. The Morgan fingerprint density at radius 3 is 2.77 bits per heavy atom. The van der Waals surface area contributed by atoms with Crippen molar-refractivity contribution in [1.82, 2.24) is 14.0 Å². The molecule has 154 valence electrons. The highest BCUT2D eigenvalue weighted by Gasteiger charge is 2.61. The van der Waals surface area contributed by atoms with Gasteiger partial charge in [-0.05, 0) is 44.7 Å². The maximum absolute atomic E-state index is 12.8. The van der Waals surface area contributed by atoms with Crippen LogP contribution in [0.5, 0.6) is 0 Å². The molecular weight excluding hydrogens is 384 g/mol. The smallest absolute Gasteiger partial charge is 0.274 e. The monoisotopic (exact) mass is 406 g/mol. The molecule has 2 N–H and O–H groups in total. The number of aromatic nitrogens is 3. The van der Waals surface area contributed by atoms with Gasteiger partial charge in [0.2, 0.25) is 0 Å². The fourth-order valence-electron chi connectivity index (χ4n) is 5.11. The molecule has 2 saturated heterocycles. The molecular formula is C22H22N4O4. The highest BCUT2D eigenvalue weighted by molar-refractivity contribution is 6.04. The topological polar surface area (TPSA) is 97.6 Å². The number of ether oxygens (including phenoxy) is 1. The molecule has 7 rings (SSSR count). The molecule has 1 amide bonds. The van der Waals surface area contributed by atoms with Crippen molar-refractivity contribution in [2.45, 2.75) is 49.7 Å². The summed E-state index contributed by atoms with van der Waals surface area (Å²) in [5.41, 5.74) is 1.12. The van der Waals surface area contributed by atoms with Crippen molar-refractivity contribution in [1.29, 1.82) is 0 Å². The second-order valence-electron chi connectivity index (χ2n) is 9.20. The number of hydrogen-bond acceptors (Lipinski definition) is 4. The Bertz CT molecular complexity index is 1320. The number of carbonyl (C=O) groups excluding carboxylic acids is 1. The first kappa shape index (κ1) is 17.7. The number of rotatable bonds is 4. The Balaban J connectivity index is 1.32. The van der Waals surface area contributed by atoms with Gasteiger partial charge < -0.3 is 24.0 Å². The zero-order chi connectivity index (χ0) is 20.7. The summed E-state index contributed by atoms with van der Waals surface area (Å²) in [6.45, 7) is 2.78. The van der Waals surface area contributed by atoms with Gasteiger partial charge in [-0.15, -0.1) is 0 Å². The largest absolute Gasteiger partial charge is 0.374 e. The fraction of sp³-hybridized carbons (Fsp3) is 0.409. The van der Waals surface area contributed by atoms with E-state index in [0.717, 1.165) is 31.4 Å². The quantitative estimate of drug-likeness (QED) is 0.694. The van der Waals surface area contributed by atoms with Gasteiger partial charge in [0, 0.05) is 41.8 Å². The molecule has 0 aromatic carbocycles. The minimum absolute atomic E-state index is 0.00195. The third-order valence-electron chi connectivity index (χ3n) is 6.71. The highest BCUT2D eigenvalue weighted by Crippen LogP contribution is 2.58. The Morgan fingerprint density at radius 1 is 1.27 bits per heavy atom. The van der Waals surface area contributed by atoms with Gasteiger partial charge in [0.1, 0.15) is 16.9 Å². The third kappa shape index (κ3) is 2.53. The van der Waals surface area contributed by atoms with Crippen LogP contribution in [-0.4, -0.2) is 32.1 Å². The molecule has 2 bridgehead atoms. The Labute approximate surface area is 171 Å². The Morgan fingerprint density at radius 2 is 2.07 bits per heavy atom. The van der Waals surface area contributed by atoms with Crippen LogP contribution in [0.15, 0.2) is 46.4 Å². The molecule has 4 aliphatic rings. The minimum atomic E-state index is -0.582. The van der Waals surface area contributed by atoms with Gasteiger partial charge in [0.15, 0.2) is 5.43 Å². The molecule has 30 heavy (non-hydrogen) atoms. The van der Waals surface area contributed by atoms with Crippen molar-refractivity contribution in [2.24, 2.45) is 0 Å². The standard InChI is InChI=1S/C22H22N4O4/c1-21-10-22(11-21,12-30-21)17-9-25-8-14(16(27)7-18(25)24-17)19(28)23-15-3-2-6-26(20(15)29)13-4-5-13/h2-3,6-9,13,24H,4-5,10-12H2,1H3,(H,23,28). The molecule has 8 nitrogen and oxygen atoms in total. The van der Waals surface area contributed by atoms with Crippen LogP contribution in [0.1, 0.15) is 54.7 Å². The van der Waals surface area contributed by atoms with Crippen LogP contribution in [0.4, 0.5) is 5.69 Å². The van der Waals surface area contributed by atoms with Crippen LogP contribution in [0, 0.1) is 0 Å². The lowest BCUT2D eigenvalue weighted by molar-refractivity contribution is 0.0154. The first-order valence-electron chi connectivity index (χ1n) is 10.3. The number of nitrogens with zero attached hydrogens (tertiary/aromatic N) is 2. The highest BCUT2D eigenvalue weighted by atomic mass is 16.5. The average molecular weight is 406 g/mol. The molecule has 8 heteroatoms. The van der Waals surface area contributed by atoms with Crippen molar-refractivity contribution in [3.8, 4) is 0 Å². The van der Waals surface area contributed by atoms with E-state index in [4.69, 9.17) is 4.74 Å². The van der Waals surface area contributed by atoms with Crippen LogP contribution >= 0.6 is 0 Å². The van der Waals surface area contributed by atoms with E-state index in [1.165, 1.54) is 12.3 Å². The number of aromatic amines is 1. The SMILES string of the molecule is CC12CC(c3cn4cc(C(=O)Nc5cccn(C6CC6)c5=O)c(=O)cc4[nH]3)(CO1)C2. The zero-order valence-corrected chi connectivity index (χ0v) is 16.6. The maximum atomic E-state index is 12.8. The molecule has 0 unspecified atom stereocenters. The van der Waals surface area contributed by atoms with Gasteiger partial charge in [-0.3, -0.25) is 14.4 Å². The lowest BCUT2D eigenvalue weighted by Gasteiger charge is -2.41. The number of H-pyrrole nitrogens is 1. The fourth-order valence-corrected chi connectivity index (χ4v) is 5.11. The number of pyridine rings is 2. The van der Waals surface area contributed by atoms with Gasteiger partial charge in [-0.25, -0.2) is 0 Å². The number of fused-ring (bicyclic) bond motifs is 2. The van der Waals surface area contributed by atoms with Crippen molar-refractivity contribution >= 4 is 17.2 Å². The second kappa shape index (κ2) is 5.72. The van der Waals surface area contributed by atoms with Gasteiger partial charge in [0.25, 0.3) is 11.5 Å². The summed E-state index contributed by atoms with van der Waals surface area (Å²) < 4.78 is 9.28. The average Bonchev–Trinajstić information content (AvgIpc) is 3.23. The third-order valence-corrected chi connectivity index (χ3v) is 6.71. The maximum Gasteiger partial charge on any atom is 0.274 e. The Hall–Kier alpha value is -3.13. The molecule has 5 heterocycles. The molecule has 0 atom stereocenters. The summed E-state index contributed by atoms with van der Waals surface area (Å²) in [6, 6.07) is 4.94. The predicted octanol–water partition coefficient (Wildman–Crippen LogP) is 2.20. The van der Waals surface area contributed by atoms with E-state index in [9.17, 15) is 14.4 Å². The number of hydrogen-bond donors (Lipinski definition) is 2. The summed E-state index contributed by atoms with van der Waals surface area (Å²) in [5, 5.41) is 2.62. The molecule has 2 aliphatic heterocycles. The lowest BCUT2D eigenvalue weighted by atomic mass is 9.62. The van der Waals surface area contributed by atoms with E-state index in [1.54, 1.807) is 27.3 Å². The van der Waals surface area contributed by atoms with Gasteiger partial charge in [-0.2, -0.15) is 0 Å². The summed E-state index contributed by atoms with van der Waals surface area (Å²) in [6.07, 6.45) is 9.03. The Kier molecular flexibility index (Phi) is 3.38. The van der Waals surface area contributed by atoms with Crippen LogP contribution in [0.3, 0.4) is 0 Å². The minimum Gasteiger partial charge on any atom is -0.374 e. The van der Waals surface area contributed by atoms with E-state index < -0.39 is 11.3 Å². The number of carbonyl (C=O) groups is 1. The number of amides is 1. The van der Waals surface area contributed by atoms with E-state index in [1.807, 2.05) is 6.20 Å². The molecule has 0 spiro atoms. The van der Waals surface area contributed by atoms with Crippen LogP contribution in [0.2, 0.25) is 0 Å². The molecule has 0 radical (unpaired) electrons. The van der Waals surface area contributed by atoms with Crippen molar-refractivity contribution in [2.75, 3.05) is 11.9 Å². The number of imidazole rings is 1.